The van der Waals surface area contributed by atoms with Gasteiger partial charge in [0.25, 0.3) is 0 Å². The van der Waals surface area contributed by atoms with Crippen molar-refractivity contribution >= 4 is 11.8 Å². The maximum absolute atomic E-state index is 10.6. The van der Waals surface area contributed by atoms with Gasteiger partial charge in [0, 0.05) is 6.54 Å². The lowest BCUT2D eigenvalue weighted by Crippen LogP contribution is -2.30. The number of rotatable bonds is 4. The molecule has 0 atom stereocenters. The molecule has 5 heteroatoms. The van der Waals surface area contributed by atoms with E-state index in [1.165, 1.54) is 0 Å². The molecule has 82 valence electrons. The molecule has 5 nitrogen and oxygen atoms in total. The van der Waals surface area contributed by atoms with Crippen LogP contribution in [0.3, 0.4) is 0 Å². The van der Waals surface area contributed by atoms with E-state index in [9.17, 15) is 4.79 Å². The number of aromatic nitrogens is 2. The second-order valence-corrected chi connectivity index (χ2v) is 3.31. The van der Waals surface area contributed by atoms with Crippen molar-refractivity contribution in [3.63, 3.8) is 0 Å². The Bertz CT molecular complexity index is 366. The number of anilines is 1. The van der Waals surface area contributed by atoms with Crippen LogP contribution in [-0.2, 0) is 4.79 Å². The summed E-state index contributed by atoms with van der Waals surface area (Å²) in [5.74, 6) is -0.250. The summed E-state index contributed by atoms with van der Waals surface area (Å²) >= 11 is 0. The first-order valence-corrected chi connectivity index (χ1v) is 4.81. The van der Waals surface area contributed by atoms with Crippen LogP contribution in [0.4, 0.5) is 5.82 Å². The average molecular weight is 209 g/mol. The molecule has 0 bridgehead atoms. The van der Waals surface area contributed by atoms with E-state index in [-0.39, 0.29) is 6.54 Å². The zero-order chi connectivity index (χ0) is 11.4. The summed E-state index contributed by atoms with van der Waals surface area (Å²) in [6.07, 6.45) is 1.61. The number of carboxylic acids is 1. The van der Waals surface area contributed by atoms with Crippen LogP contribution in [0.25, 0.3) is 0 Å². The summed E-state index contributed by atoms with van der Waals surface area (Å²) in [7, 11) is 0. The molecular weight excluding hydrogens is 194 g/mol. The van der Waals surface area contributed by atoms with E-state index in [2.05, 4.69) is 9.97 Å². The number of hydrogen-bond donors (Lipinski definition) is 1. The lowest BCUT2D eigenvalue weighted by Gasteiger charge is -2.19. The molecule has 1 aromatic rings. The van der Waals surface area contributed by atoms with Crippen molar-refractivity contribution in [1.29, 1.82) is 0 Å². The Labute approximate surface area is 88.8 Å². The summed E-state index contributed by atoms with van der Waals surface area (Å²) in [4.78, 5) is 20.7. The Morgan fingerprint density at radius 1 is 1.47 bits per heavy atom. The van der Waals surface area contributed by atoms with E-state index in [1.54, 1.807) is 11.1 Å². The van der Waals surface area contributed by atoms with Crippen molar-refractivity contribution in [2.45, 2.75) is 20.8 Å². The van der Waals surface area contributed by atoms with Crippen molar-refractivity contribution in [3.05, 3.63) is 17.6 Å². The Hall–Kier alpha value is -1.65. The van der Waals surface area contributed by atoms with Gasteiger partial charge in [-0.3, -0.25) is 9.78 Å². The van der Waals surface area contributed by atoms with Gasteiger partial charge in [0.05, 0.1) is 17.6 Å². The highest BCUT2D eigenvalue weighted by molar-refractivity contribution is 5.73. The third-order valence-electron chi connectivity index (χ3n) is 2.21. The molecule has 0 aliphatic rings. The molecule has 0 fully saturated rings. The molecule has 1 aromatic heterocycles. The molecule has 0 spiro atoms. The molecule has 1 N–H and O–H groups in total. The number of carboxylic acid groups (broad SMARTS) is 1. The third kappa shape index (κ3) is 2.90. The summed E-state index contributed by atoms with van der Waals surface area (Å²) < 4.78 is 0. The van der Waals surface area contributed by atoms with Gasteiger partial charge in [-0.25, -0.2) is 4.98 Å². The van der Waals surface area contributed by atoms with E-state index in [1.807, 2.05) is 20.8 Å². The number of hydrogen-bond acceptors (Lipinski definition) is 4. The Morgan fingerprint density at radius 3 is 2.60 bits per heavy atom. The largest absolute Gasteiger partial charge is 0.480 e. The topological polar surface area (TPSA) is 66.3 Å². The van der Waals surface area contributed by atoms with Gasteiger partial charge in [-0.15, -0.1) is 0 Å². The maximum atomic E-state index is 10.6. The van der Waals surface area contributed by atoms with E-state index >= 15 is 0 Å². The van der Waals surface area contributed by atoms with Crippen LogP contribution in [0.2, 0.25) is 0 Å². The van der Waals surface area contributed by atoms with Crippen LogP contribution in [-0.4, -0.2) is 34.1 Å². The fourth-order valence-electron chi connectivity index (χ4n) is 1.20. The summed E-state index contributed by atoms with van der Waals surface area (Å²) in [5, 5.41) is 8.71. The van der Waals surface area contributed by atoms with Crippen LogP contribution in [0, 0.1) is 13.8 Å². The highest BCUT2D eigenvalue weighted by Crippen LogP contribution is 2.10. The van der Waals surface area contributed by atoms with E-state index in [0.717, 1.165) is 11.4 Å². The van der Waals surface area contributed by atoms with Crippen molar-refractivity contribution in [2.24, 2.45) is 0 Å². The van der Waals surface area contributed by atoms with Gasteiger partial charge < -0.3 is 10.0 Å². The minimum Gasteiger partial charge on any atom is -0.480 e. The van der Waals surface area contributed by atoms with Gasteiger partial charge in [0.15, 0.2) is 0 Å². The third-order valence-corrected chi connectivity index (χ3v) is 2.21. The quantitative estimate of drug-likeness (QED) is 0.801. The number of nitrogens with zero attached hydrogens (tertiary/aromatic N) is 3. The molecule has 0 amide bonds. The van der Waals surface area contributed by atoms with Gasteiger partial charge in [-0.1, -0.05) is 0 Å². The average Bonchev–Trinajstić information content (AvgIpc) is 2.18. The van der Waals surface area contributed by atoms with Crippen molar-refractivity contribution in [3.8, 4) is 0 Å². The molecule has 0 saturated heterocycles. The fraction of sp³-hybridized carbons (Fsp3) is 0.500. The van der Waals surface area contributed by atoms with E-state index in [0.29, 0.717) is 12.4 Å². The smallest absolute Gasteiger partial charge is 0.323 e. The molecule has 0 radical (unpaired) electrons. The van der Waals surface area contributed by atoms with Gasteiger partial charge >= 0.3 is 5.97 Å². The van der Waals surface area contributed by atoms with Crippen LogP contribution in [0.15, 0.2) is 6.20 Å². The Morgan fingerprint density at radius 2 is 2.13 bits per heavy atom. The number of carbonyl (C=O) groups is 1. The van der Waals surface area contributed by atoms with Crippen molar-refractivity contribution in [1.82, 2.24) is 9.97 Å². The van der Waals surface area contributed by atoms with Crippen LogP contribution in [0.5, 0.6) is 0 Å². The highest BCUT2D eigenvalue weighted by Gasteiger charge is 2.10. The molecule has 0 saturated carbocycles. The predicted molar refractivity (Wildman–Crippen MR) is 57.0 cm³/mol. The summed E-state index contributed by atoms with van der Waals surface area (Å²) in [6.45, 7) is 6.18. The van der Waals surface area contributed by atoms with Gasteiger partial charge in [-0.05, 0) is 20.8 Å². The van der Waals surface area contributed by atoms with Crippen molar-refractivity contribution < 1.29 is 9.90 Å². The standard InChI is InChI=1S/C10H15N3O2/c1-4-13(6-10(14)15)9-5-11-7(2)8(3)12-9/h5H,4,6H2,1-3H3,(H,14,15). The summed E-state index contributed by atoms with van der Waals surface area (Å²) in [5.41, 5.74) is 1.70. The molecule has 1 heterocycles. The second-order valence-electron chi connectivity index (χ2n) is 3.31. The lowest BCUT2D eigenvalue weighted by molar-refractivity contribution is -0.135. The van der Waals surface area contributed by atoms with Gasteiger partial charge in [0.2, 0.25) is 0 Å². The molecule has 0 aliphatic carbocycles. The molecule has 1 rings (SSSR count). The predicted octanol–water partition coefficient (Wildman–Crippen LogP) is 1.00. The monoisotopic (exact) mass is 209 g/mol. The molecule has 15 heavy (non-hydrogen) atoms. The fourth-order valence-corrected chi connectivity index (χ4v) is 1.20. The minimum atomic E-state index is -0.864. The molecule has 0 aliphatic heterocycles. The zero-order valence-corrected chi connectivity index (χ0v) is 9.19. The van der Waals surface area contributed by atoms with E-state index in [4.69, 9.17) is 5.11 Å². The first-order chi connectivity index (χ1) is 7.04. The normalized spacial score (nSPS) is 10.1. The summed E-state index contributed by atoms with van der Waals surface area (Å²) in [6, 6.07) is 0. The Balaban J connectivity index is 2.92. The second kappa shape index (κ2) is 4.72. The first-order valence-electron chi connectivity index (χ1n) is 4.81. The first kappa shape index (κ1) is 11.4. The zero-order valence-electron chi connectivity index (χ0n) is 9.19. The van der Waals surface area contributed by atoms with Crippen LogP contribution >= 0.6 is 0 Å². The number of aryl methyl sites for hydroxylation is 2. The minimum absolute atomic E-state index is 0.0479. The molecule has 0 unspecified atom stereocenters. The molecular formula is C10H15N3O2. The van der Waals surface area contributed by atoms with Crippen molar-refractivity contribution in [2.75, 3.05) is 18.0 Å². The van der Waals surface area contributed by atoms with Crippen LogP contribution < -0.4 is 4.90 Å². The van der Waals surface area contributed by atoms with E-state index < -0.39 is 5.97 Å². The lowest BCUT2D eigenvalue weighted by atomic mass is 10.3. The Kier molecular flexibility index (Phi) is 3.60. The highest BCUT2D eigenvalue weighted by atomic mass is 16.4. The SMILES string of the molecule is CCN(CC(=O)O)c1cnc(C)c(C)n1. The number of likely N-dealkylation sites (N-methyl/N-ethyl adjacent to an activating group) is 1. The van der Waals surface area contributed by atoms with Gasteiger partial charge in [0.1, 0.15) is 12.4 Å². The molecule has 0 aromatic carbocycles. The maximum Gasteiger partial charge on any atom is 0.323 e. The van der Waals surface area contributed by atoms with Gasteiger partial charge in [-0.2, -0.15) is 0 Å². The number of aliphatic carboxylic acids is 1. The van der Waals surface area contributed by atoms with Crippen LogP contribution in [0.1, 0.15) is 18.3 Å².